The Morgan fingerprint density at radius 3 is 2.76 bits per heavy atom. The molecule has 1 unspecified atom stereocenters. The van der Waals surface area contributed by atoms with Crippen molar-refractivity contribution in [3.05, 3.63) is 35.9 Å². The number of amides is 1. The smallest absolute Gasteiger partial charge is 0.255 e. The van der Waals surface area contributed by atoms with E-state index in [1.165, 1.54) is 5.56 Å². The van der Waals surface area contributed by atoms with Crippen molar-refractivity contribution in [2.24, 2.45) is 0 Å². The van der Waals surface area contributed by atoms with E-state index in [0.717, 1.165) is 51.9 Å². The van der Waals surface area contributed by atoms with Crippen LogP contribution < -0.4 is 5.32 Å². The van der Waals surface area contributed by atoms with Crippen molar-refractivity contribution >= 4 is 5.91 Å². The molecule has 1 aromatic carbocycles. The molecule has 2 saturated heterocycles. The van der Waals surface area contributed by atoms with E-state index < -0.39 is 5.60 Å². The fraction of sp³-hybridized carbons (Fsp3) is 0.650. The predicted molar refractivity (Wildman–Crippen MR) is 97.4 cm³/mol. The number of rotatable bonds is 7. The summed E-state index contributed by atoms with van der Waals surface area (Å²) >= 11 is 0. The van der Waals surface area contributed by atoms with Gasteiger partial charge in [-0.3, -0.25) is 4.79 Å². The molecule has 5 heteroatoms. The number of carbonyl (C=O) groups is 1. The molecule has 1 atom stereocenters. The van der Waals surface area contributed by atoms with Gasteiger partial charge in [-0.25, -0.2) is 0 Å². The van der Waals surface area contributed by atoms with E-state index >= 15 is 0 Å². The first-order chi connectivity index (χ1) is 12.2. The van der Waals surface area contributed by atoms with Crippen molar-refractivity contribution in [3.63, 3.8) is 0 Å². The van der Waals surface area contributed by atoms with Gasteiger partial charge in [-0.05, 0) is 44.1 Å². The van der Waals surface area contributed by atoms with E-state index in [0.29, 0.717) is 25.6 Å². The highest BCUT2D eigenvalue weighted by Gasteiger charge is 2.42. The Kier molecular flexibility index (Phi) is 6.45. The van der Waals surface area contributed by atoms with Gasteiger partial charge in [0.2, 0.25) is 0 Å². The lowest BCUT2D eigenvalue weighted by atomic mass is 9.90. The molecule has 25 heavy (non-hydrogen) atoms. The van der Waals surface area contributed by atoms with Crippen LogP contribution in [0.5, 0.6) is 0 Å². The normalized spacial score (nSPS) is 25.3. The van der Waals surface area contributed by atoms with Crippen LogP contribution in [0.4, 0.5) is 0 Å². The van der Waals surface area contributed by atoms with E-state index in [-0.39, 0.29) is 5.91 Å². The first-order valence-corrected chi connectivity index (χ1v) is 9.54. The largest absolute Gasteiger partial charge is 0.381 e. The van der Waals surface area contributed by atoms with Gasteiger partial charge in [-0.1, -0.05) is 30.3 Å². The number of likely N-dealkylation sites (tertiary alicyclic amines) is 1. The molecule has 2 fully saturated rings. The van der Waals surface area contributed by atoms with E-state index in [1.807, 2.05) is 23.1 Å². The second kappa shape index (κ2) is 8.79. The van der Waals surface area contributed by atoms with Crippen LogP contribution in [0.2, 0.25) is 0 Å². The molecule has 0 saturated carbocycles. The maximum atomic E-state index is 12.8. The van der Waals surface area contributed by atoms with Crippen molar-refractivity contribution in [2.45, 2.75) is 50.2 Å². The zero-order chi connectivity index (χ0) is 17.5. The highest BCUT2D eigenvalue weighted by Crippen LogP contribution is 2.23. The molecule has 5 nitrogen and oxygen atoms in total. The summed E-state index contributed by atoms with van der Waals surface area (Å²) in [6.07, 6.45) is 5.21. The number of nitrogens with zero attached hydrogens (tertiary/aromatic N) is 1. The molecule has 3 rings (SSSR count). The summed E-state index contributed by atoms with van der Waals surface area (Å²) in [5, 5.41) is 14.3. The van der Waals surface area contributed by atoms with Gasteiger partial charge in [0.25, 0.3) is 5.91 Å². The lowest BCUT2D eigenvalue weighted by Crippen LogP contribution is -2.59. The van der Waals surface area contributed by atoms with Crippen LogP contribution >= 0.6 is 0 Å². The van der Waals surface area contributed by atoms with Crippen LogP contribution in [0.25, 0.3) is 0 Å². The number of aryl methyl sites for hydroxylation is 1. The fourth-order valence-electron chi connectivity index (χ4n) is 3.78. The van der Waals surface area contributed by atoms with Crippen LogP contribution in [0.3, 0.4) is 0 Å². The minimum Gasteiger partial charge on any atom is -0.381 e. The van der Waals surface area contributed by atoms with Crippen molar-refractivity contribution in [1.82, 2.24) is 10.2 Å². The zero-order valence-electron chi connectivity index (χ0n) is 15.0. The molecule has 0 radical (unpaired) electrons. The van der Waals surface area contributed by atoms with Crippen LogP contribution in [0.15, 0.2) is 30.3 Å². The monoisotopic (exact) mass is 346 g/mol. The first-order valence-electron chi connectivity index (χ1n) is 9.54. The minimum absolute atomic E-state index is 0.105. The van der Waals surface area contributed by atoms with Crippen LogP contribution in [0.1, 0.15) is 37.7 Å². The Morgan fingerprint density at radius 2 is 2.00 bits per heavy atom. The quantitative estimate of drug-likeness (QED) is 0.789. The zero-order valence-corrected chi connectivity index (χ0v) is 15.0. The molecule has 1 amide bonds. The van der Waals surface area contributed by atoms with E-state index in [9.17, 15) is 9.90 Å². The first kappa shape index (κ1) is 18.4. The minimum atomic E-state index is -1.25. The maximum Gasteiger partial charge on any atom is 0.255 e. The van der Waals surface area contributed by atoms with Gasteiger partial charge in [-0.15, -0.1) is 0 Å². The van der Waals surface area contributed by atoms with Crippen molar-refractivity contribution < 1.29 is 14.6 Å². The highest BCUT2D eigenvalue weighted by atomic mass is 16.5. The van der Waals surface area contributed by atoms with Gasteiger partial charge in [-0.2, -0.15) is 0 Å². The Balaban J connectivity index is 1.47. The van der Waals surface area contributed by atoms with Crippen molar-refractivity contribution in [2.75, 3.05) is 32.8 Å². The average molecular weight is 346 g/mol. The second-order valence-electron chi connectivity index (χ2n) is 7.28. The number of carbonyl (C=O) groups excluding carboxylic acids is 1. The number of aliphatic hydroxyl groups is 1. The fourth-order valence-corrected chi connectivity index (χ4v) is 3.78. The summed E-state index contributed by atoms with van der Waals surface area (Å²) in [7, 11) is 0. The average Bonchev–Trinajstić information content (AvgIpc) is 2.66. The number of benzene rings is 1. The summed E-state index contributed by atoms with van der Waals surface area (Å²) in [6.45, 7) is 3.34. The van der Waals surface area contributed by atoms with Gasteiger partial charge in [0.05, 0.1) is 0 Å². The van der Waals surface area contributed by atoms with E-state index in [1.54, 1.807) is 0 Å². The molecule has 2 aliphatic heterocycles. The number of ether oxygens (including phenoxy) is 1. The van der Waals surface area contributed by atoms with E-state index in [4.69, 9.17) is 4.74 Å². The molecule has 2 aliphatic rings. The molecule has 0 aliphatic carbocycles. The second-order valence-corrected chi connectivity index (χ2v) is 7.28. The highest BCUT2D eigenvalue weighted by molar-refractivity contribution is 5.86. The predicted octanol–water partition coefficient (Wildman–Crippen LogP) is 1.74. The Labute approximate surface area is 150 Å². The van der Waals surface area contributed by atoms with Gasteiger partial charge >= 0.3 is 0 Å². The van der Waals surface area contributed by atoms with E-state index in [2.05, 4.69) is 17.4 Å². The third-order valence-corrected chi connectivity index (χ3v) is 5.34. The van der Waals surface area contributed by atoms with Gasteiger partial charge < -0.3 is 20.1 Å². The number of hydrogen-bond acceptors (Lipinski definition) is 4. The van der Waals surface area contributed by atoms with Crippen molar-refractivity contribution in [1.29, 1.82) is 0 Å². The Bertz CT molecular complexity index is 545. The topological polar surface area (TPSA) is 61.8 Å². The summed E-state index contributed by atoms with van der Waals surface area (Å²) in [5.41, 5.74) is 0.0481. The molecule has 138 valence electrons. The molecule has 2 heterocycles. The molecule has 2 N–H and O–H groups in total. The Morgan fingerprint density at radius 1 is 1.24 bits per heavy atom. The molecule has 1 aromatic rings. The number of nitrogens with one attached hydrogen (secondary N) is 1. The molecule has 0 bridgehead atoms. The molecular weight excluding hydrogens is 316 g/mol. The third kappa shape index (κ3) is 5.03. The summed E-state index contributed by atoms with van der Waals surface area (Å²) < 4.78 is 5.36. The summed E-state index contributed by atoms with van der Waals surface area (Å²) in [4.78, 5) is 14.6. The molecule has 0 aromatic heterocycles. The Hall–Kier alpha value is -1.43. The van der Waals surface area contributed by atoms with Gasteiger partial charge in [0.15, 0.2) is 5.60 Å². The number of hydrogen-bond donors (Lipinski definition) is 2. The maximum absolute atomic E-state index is 12.8. The summed E-state index contributed by atoms with van der Waals surface area (Å²) in [6, 6.07) is 10.7. The summed E-state index contributed by atoms with van der Waals surface area (Å²) in [5.74, 6) is -0.105. The van der Waals surface area contributed by atoms with Gasteiger partial charge in [0.1, 0.15) is 0 Å². The molecular formula is C20H30N2O3. The van der Waals surface area contributed by atoms with Crippen molar-refractivity contribution in [3.8, 4) is 0 Å². The lowest BCUT2D eigenvalue weighted by molar-refractivity contribution is -0.156. The van der Waals surface area contributed by atoms with Crippen LogP contribution in [-0.2, 0) is 16.0 Å². The van der Waals surface area contributed by atoms with Crippen LogP contribution in [-0.4, -0.2) is 60.4 Å². The third-order valence-electron chi connectivity index (χ3n) is 5.34. The number of piperidine rings is 1. The lowest BCUT2D eigenvalue weighted by Gasteiger charge is -2.39. The van der Waals surface area contributed by atoms with Crippen LogP contribution in [0, 0.1) is 0 Å². The van der Waals surface area contributed by atoms with Gasteiger partial charge in [0, 0.05) is 38.9 Å². The molecule has 0 spiro atoms. The standard InChI is InChI=1S/C20H30N2O3/c23-19-20(24,16-21-18-9-14-25-15-10-18)11-5-13-22(19)12-4-8-17-6-2-1-3-7-17/h1-3,6-7,18,21,24H,4-5,8-16H2. The SMILES string of the molecule is O=C1N(CCCc2ccccc2)CCCC1(O)CNC1CCOCC1.